The molecule has 0 spiro atoms. The maximum atomic E-state index is 12.6. The minimum Gasteiger partial charge on any atom is -0.497 e. The van der Waals surface area contributed by atoms with Crippen LogP contribution in [0.5, 0.6) is 17.2 Å². The van der Waals surface area contributed by atoms with Crippen LogP contribution in [0.25, 0.3) is 6.08 Å². The molecule has 168 valence electrons. The topological polar surface area (TPSA) is 80.6 Å². The number of carbonyl (C=O) groups excluding carboxylic acids is 1. The predicted molar refractivity (Wildman–Crippen MR) is 131 cm³/mol. The number of methoxy groups -OCH3 is 1. The number of carbonyl (C=O) groups is 1. The highest BCUT2D eigenvalue weighted by Gasteiger charge is 2.14. The second kappa shape index (κ2) is 11.7. The number of nitrogens with one attached hydrogen (secondary N) is 1. The number of anilines is 1. The molecular weight excluding hydrogens is 484 g/mol. The van der Waals surface area contributed by atoms with Gasteiger partial charge in [-0.25, -0.2) is 0 Å². The van der Waals surface area contributed by atoms with Crippen molar-refractivity contribution in [3.63, 3.8) is 0 Å². The third kappa shape index (κ3) is 6.61. The number of nitriles is 1. The number of rotatable bonds is 9. The predicted octanol–water partition coefficient (Wildman–Crippen LogP) is 5.98. The molecule has 0 saturated carbocycles. The minimum absolute atomic E-state index is 0.0491. The summed E-state index contributed by atoms with van der Waals surface area (Å²) in [5, 5.41) is 12.3. The van der Waals surface area contributed by atoms with Crippen LogP contribution in [0.1, 0.15) is 18.1 Å². The molecule has 0 fully saturated rings. The fourth-order valence-electron chi connectivity index (χ4n) is 2.95. The Labute approximate surface area is 201 Å². The zero-order valence-electron chi connectivity index (χ0n) is 18.3. The summed E-state index contributed by atoms with van der Waals surface area (Å²) in [5.74, 6) is 1.24. The average Bonchev–Trinajstić information content (AvgIpc) is 2.84. The van der Waals surface area contributed by atoms with E-state index < -0.39 is 5.91 Å². The first-order valence-corrected chi connectivity index (χ1v) is 11.0. The van der Waals surface area contributed by atoms with Gasteiger partial charge in [-0.2, -0.15) is 5.26 Å². The van der Waals surface area contributed by atoms with Crippen molar-refractivity contribution in [1.29, 1.82) is 5.26 Å². The first-order chi connectivity index (χ1) is 16.0. The Bertz CT molecular complexity index is 1170. The molecular formula is C26H23BrN2O4. The lowest BCUT2D eigenvalue weighted by atomic mass is 10.1. The van der Waals surface area contributed by atoms with E-state index >= 15 is 0 Å². The van der Waals surface area contributed by atoms with Gasteiger partial charge < -0.3 is 19.5 Å². The van der Waals surface area contributed by atoms with Crippen molar-refractivity contribution >= 4 is 33.6 Å². The second-order valence-corrected chi connectivity index (χ2v) is 7.73. The number of nitrogens with zero attached hydrogens (tertiary/aromatic N) is 1. The van der Waals surface area contributed by atoms with Crippen LogP contribution in [0.4, 0.5) is 5.69 Å². The lowest BCUT2D eigenvalue weighted by molar-refractivity contribution is -0.112. The van der Waals surface area contributed by atoms with E-state index in [1.54, 1.807) is 43.5 Å². The van der Waals surface area contributed by atoms with Gasteiger partial charge in [0.2, 0.25) is 0 Å². The fraction of sp³-hybridized carbons (Fsp3) is 0.154. The van der Waals surface area contributed by atoms with Crippen molar-refractivity contribution < 1.29 is 19.0 Å². The van der Waals surface area contributed by atoms with Crippen LogP contribution in [0.3, 0.4) is 0 Å². The van der Waals surface area contributed by atoms with Crippen molar-refractivity contribution in [2.24, 2.45) is 0 Å². The van der Waals surface area contributed by atoms with E-state index in [4.69, 9.17) is 14.2 Å². The molecule has 0 atom stereocenters. The molecule has 3 aromatic carbocycles. The van der Waals surface area contributed by atoms with E-state index in [2.05, 4.69) is 21.2 Å². The Morgan fingerprint density at radius 3 is 2.39 bits per heavy atom. The molecule has 0 unspecified atom stereocenters. The summed E-state index contributed by atoms with van der Waals surface area (Å²) in [6, 6.07) is 22.1. The molecule has 0 saturated heterocycles. The van der Waals surface area contributed by atoms with Crippen LogP contribution in [-0.4, -0.2) is 19.6 Å². The summed E-state index contributed by atoms with van der Waals surface area (Å²) in [6.07, 6.45) is 1.51. The molecule has 7 heteroatoms. The third-order valence-corrected chi connectivity index (χ3v) is 5.30. The molecule has 1 amide bonds. The summed E-state index contributed by atoms with van der Waals surface area (Å²) in [6.45, 7) is 2.70. The van der Waals surface area contributed by atoms with Gasteiger partial charge >= 0.3 is 0 Å². The molecule has 3 rings (SSSR count). The monoisotopic (exact) mass is 506 g/mol. The number of hydrogen-bond donors (Lipinski definition) is 1. The van der Waals surface area contributed by atoms with Crippen molar-refractivity contribution in [2.75, 3.05) is 19.0 Å². The van der Waals surface area contributed by atoms with Crippen LogP contribution in [-0.2, 0) is 11.4 Å². The van der Waals surface area contributed by atoms with Crippen LogP contribution in [0.2, 0.25) is 0 Å². The first-order valence-electron chi connectivity index (χ1n) is 10.2. The lowest BCUT2D eigenvalue weighted by Gasteiger charge is -2.14. The van der Waals surface area contributed by atoms with Gasteiger partial charge in [0.1, 0.15) is 24.0 Å². The molecule has 0 aliphatic carbocycles. The smallest absolute Gasteiger partial charge is 0.266 e. The fourth-order valence-corrected chi connectivity index (χ4v) is 3.39. The standard InChI is InChI=1S/C26H23BrN2O4/c1-3-32-24-14-19(23(27)15-25(24)33-17-18-7-5-4-6-8-18)13-20(16-28)26(30)29-21-9-11-22(31-2)12-10-21/h4-15H,3,17H2,1-2H3,(H,29,30)/b20-13+. The quantitative estimate of drug-likeness (QED) is 0.285. The third-order valence-electron chi connectivity index (χ3n) is 4.61. The lowest BCUT2D eigenvalue weighted by Crippen LogP contribution is -2.13. The van der Waals surface area contributed by atoms with Gasteiger partial charge in [-0.1, -0.05) is 46.3 Å². The number of halogens is 1. The number of hydrogen-bond acceptors (Lipinski definition) is 5. The van der Waals surface area contributed by atoms with E-state index in [9.17, 15) is 10.1 Å². The van der Waals surface area contributed by atoms with E-state index in [-0.39, 0.29) is 5.57 Å². The van der Waals surface area contributed by atoms with Gasteiger partial charge in [-0.05, 0) is 60.5 Å². The van der Waals surface area contributed by atoms with Gasteiger partial charge in [0.05, 0.1) is 13.7 Å². The van der Waals surface area contributed by atoms with Crippen LogP contribution in [0, 0.1) is 11.3 Å². The molecule has 1 N–H and O–H groups in total. The van der Waals surface area contributed by atoms with Gasteiger partial charge in [-0.15, -0.1) is 0 Å². The zero-order valence-corrected chi connectivity index (χ0v) is 19.9. The Hall–Kier alpha value is -3.76. The van der Waals surface area contributed by atoms with E-state index in [1.807, 2.05) is 43.3 Å². The Kier molecular flexibility index (Phi) is 8.50. The van der Waals surface area contributed by atoms with Gasteiger partial charge in [0.15, 0.2) is 11.5 Å². The minimum atomic E-state index is -0.517. The molecule has 0 bridgehead atoms. The molecule has 0 aliphatic heterocycles. The van der Waals surface area contributed by atoms with Crippen molar-refractivity contribution in [1.82, 2.24) is 0 Å². The summed E-state index contributed by atoms with van der Waals surface area (Å²) in [4.78, 5) is 12.6. The van der Waals surface area contributed by atoms with Crippen LogP contribution in [0.15, 0.2) is 76.8 Å². The largest absolute Gasteiger partial charge is 0.497 e. The van der Waals surface area contributed by atoms with E-state index in [0.29, 0.717) is 46.2 Å². The van der Waals surface area contributed by atoms with Gasteiger partial charge in [-0.3, -0.25) is 4.79 Å². The summed E-state index contributed by atoms with van der Waals surface area (Å²) in [5.41, 5.74) is 2.15. The highest BCUT2D eigenvalue weighted by atomic mass is 79.9. The molecule has 0 aliphatic rings. The Morgan fingerprint density at radius 2 is 1.76 bits per heavy atom. The van der Waals surface area contributed by atoms with Crippen molar-refractivity contribution in [2.45, 2.75) is 13.5 Å². The Balaban J connectivity index is 1.82. The SMILES string of the molecule is CCOc1cc(/C=C(\C#N)C(=O)Nc2ccc(OC)cc2)c(Br)cc1OCc1ccccc1. The van der Waals surface area contributed by atoms with Crippen molar-refractivity contribution in [3.8, 4) is 23.3 Å². The van der Waals surface area contributed by atoms with E-state index in [1.165, 1.54) is 6.08 Å². The highest BCUT2D eigenvalue weighted by molar-refractivity contribution is 9.10. The second-order valence-electron chi connectivity index (χ2n) is 6.88. The van der Waals surface area contributed by atoms with Crippen LogP contribution >= 0.6 is 15.9 Å². The normalized spacial score (nSPS) is 10.8. The number of ether oxygens (including phenoxy) is 3. The summed E-state index contributed by atoms with van der Waals surface area (Å²) in [7, 11) is 1.57. The number of amides is 1. The molecule has 0 aromatic heterocycles. The first kappa shape index (κ1) is 23.9. The zero-order chi connectivity index (χ0) is 23.6. The number of benzene rings is 3. The molecule has 3 aromatic rings. The average molecular weight is 507 g/mol. The Morgan fingerprint density at radius 1 is 1.06 bits per heavy atom. The van der Waals surface area contributed by atoms with Crippen molar-refractivity contribution in [3.05, 3.63) is 87.9 Å². The molecule has 33 heavy (non-hydrogen) atoms. The van der Waals surface area contributed by atoms with E-state index in [0.717, 1.165) is 5.56 Å². The summed E-state index contributed by atoms with van der Waals surface area (Å²) >= 11 is 3.51. The molecule has 6 nitrogen and oxygen atoms in total. The maximum absolute atomic E-state index is 12.6. The molecule has 0 radical (unpaired) electrons. The molecule has 0 heterocycles. The van der Waals surface area contributed by atoms with Gasteiger partial charge in [0, 0.05) is 10.2 Å². The van der Waals surface area contributed by atoms with Gasteiger partial charge in [0.25, 0.3) is 5.91 Å². The maximum Gasteiger partial charge on any atom is 0.266 e. The van der Waals surface area contributed by atoms with Crippen LogP contribution < -0.4 is 19.5 Å². The summed E-state index contributed by atoms with van der Waals surface area (Å²) < 4.78 is 17.5. The highest BCUT2D eigenvalue weighted by Crippen LogP contribution is 2.35.